The first-order valence-corrected chi connectivity index (χ1v) is 14.7. The average molecular weight is 566 g/mol. The quantitative estimate of drug-likeness (QED) is 0.170. The van der Waals surface area contributed by atoms with Gasteiger partial charge in [0.05, 0.1) is 32.0 Å². The lowest BCUT2D eigenvalue weighted by Gasteiger charge is -2.37. The summed E-state index contributed by atoms with van der Waals surface area (Å²) in [5.41, 5.74) is 3.48. The number of hydrogen-bond acceptors (Lipinski definition) is 4. The molecule has 0 bridgehead atoms. The second kappa shape index (κ2) is 14.7. The lowest BCUT2D eigenvalue weighted by atomic mass is 9.87. The number of amides is 1. The molecule has 0 spiro atoms. The van der Waals surface area contributed by atoms with Crippen LogP contribution in [0.15, 0.2) is 110 Å². The van der Waals surface area contributed by atoms with E-state index in [4.69, 9.17) is 14.2 Å². The first-order chi connectivity index (χ1) is 20.6. The Morgan fingerprint density at radius 3 is 2.48 bits per heavy atom. The second-order valence-electron chi connectivity index (χ2n) is 10.8. The molecule has 0 aromatic heterocycles. The van der Waals surface area contributed by atoms with Crippen molar-refractivity contribution < 1.29 is 24.1 Å². The minimum atomic E-state index is -0.906. The van der Waals surface area contributed by atoms with Gasteiger partial charge in [0.2, 0.25) is 0 Å². The molecule has 42 heavy (non-hydrogen) atoms. The molecule has 3 unspecified atom stereocenters. The van der Waals surface area contributed by atoms with Gasteiger partial charge in [0.15, 0.2) is 0 Å². The number of hydrogen-bond donors (Lipinski definition) is 1. The number of ether oxygens (including phenoxy) is 3. The van der Waals surface area contributed by atoms with Gasteiger partial charge in [-0.05, 0) is 64.9 Å². The lowest BCUT2D eigenvalue weighted by molar-refractivity contribution is -0.0199. The molecular formula is C36H39NO5. The Kier molecular flexibility index (Phi) is 10.3. The molecular weight excluding hydrogens is 526 g/mol. The largest absolute Gasteiger partial charge is 0.491 e. The van der Waals surface area contributed by atoms with E-state index in [-0.39, 0.29) is 18.1 Å². The van der Waals surface area contributed by atoms with Crippen molar-refractivity contribution in [3.63, 3.8) is 0 Å². The molecule has 6 nitrogen and oxygen atoms in total. The average Bonchev–Trinajstić information content (AvgIpc) is 3.04. The van der Waals surface area contributed by atoms with E-state index in [0.29, 0.717) is 39.3 Å². The van der Waals surface area contributed by atoms with Crippen molar-refractivity contribution in [2.75, 3.05) is 26.3 Å². The van der Waals surface area contributed by atoms with Gasteiger partial charge in [0.25, 0.3) is 0 Å². The predicted octanol–water partition coefficient (Wildman–Crippen LogP) is 7.48. The highest BCUT2D eigenvalue weighted by Gasteiger charge is 2.33. The molecule has 5 rings (SSSR count). The molecule has 1 N–H and O–H groups in total. The fourth-order valence-electron chi connectivity index (χ4n) is 5.56. The smallest absolute Gasteiger partial charge is 0.407 e. The van der Waals surface area contributed by atoms with Crippen molar-refractivity contribution in [1.82, 2.24) is 4.90 Å². The highest BCUT2D eigenvalue weighted by Crippen LogP contribution is 2.32. The number of aryl methyl sites for hydroxylation is 1. The monoisotopic (exact) mass is 565 g/mol. The minimum Gasteiger partial charge on any atom is -0.491 e. The molecule has 0 aliphatic carbocycles. The van der Waals surface area contributed by atoms with Gasteiger partial charge in [-0.1, -0.05) is 84.9 Å². The number of nitrogens with zero attached hydrogens (tertiary/aromatic N) is 1. The van der Waals surface area contributed by atoms with Gasteiger partial charge in [-0.15, -0.1) is 6.58 Å². The van der Waals surface area contributed by atoms with Crippen molar-refractivity contribution in [2.45, 2.75) is 44.0 Å². The zero-order chi connectivity index (χ0) is 29.1. The summed E-state index contributed by atoms with van der Waals surface area (Å²) in [6, 6.07) is 33.1. The van der Waals surface area contributed by atoms with Crippen LogP contribution in [-0.4, -0.2) is 54.6 Å². The lowest BCUT2D eigenvalue weighted by Crippen LogP contribution is -2.46. The Morgan fingerprint density at radius 1 is 0.952 bits per heavy atom. The van der Waals surface area contributed by atoms with E-state index in [2.05, 4.69) is 73.3 Å². The van der Waals surface area contributed by atoms with E-state index in [9.17, 15) is 9.90 Å². The Bertz CT molecular complexity index is 1440. The fraction of sp³-hybridized carbons (Fsp3) is 0.306. The van der Waals surface area contributed by atoms with Crippen LogP contribution in [0, 0.1) is 0 Å². The van der Waals surface area contributed by atoms with E-state index in [0.717, 1.165) is 29.7 Å². The molecule has 1 aliphatic heterocycles. The van der Waals surface area contributed by atoms with Gasteiger partial charge in [0, 0.05) is 12.5 Å². The fourth-order valence-corrected chi connectivity index (χ4v) is 5.56. The summed E-state index contributed by atoms with van der Waals surface area (Å²) in [5.74, 6) is 0.868. The Labute approximate surface area is 248 Å². The first-order valence-electron chi connectivity index (χ1n) is 14.7. The molecule has 1 fully saturated rings. The van der Waals surface area contributed by atoms with Crippen LogP contribution in [0.25, 0.3) is 10.8 Å². The normalized spacial score (nSPS) is 17.6. The highest BCUT2D eigenvalue weighted by molar-refractivity contribution is 5.82. The summed E-state index contributed by atoms with van der Waals surface area (Å²) >= 11 is 0. The maximum absolute atomic E-state index is 11.8. The molecule has 3 atom stereocenters. The summed E-state index contributed by atoms with van der Waals surface area (Å²) in [7, 11) is 0. The molecule has 1 amide bonds. The first kappa shape index (κ1) is 29.4. The molecule has 0 radical (unpaired) electrons. The van der Waals surface area contributed by atoms with Crippen LogP contribution in [0.3, 0.4) is 0 Å². The number of carboxylic acid groups (broad SMARTS) is 1. The highest BCUT2D eigenvalue weighted by atomic mass is 16.5. The van der Waals surface area contributed by atoms with Crippen molar-refractivity contribution in [3.8, 4) is 5.75 Å². The number of piperidine rings is 1. The van der Waals surface area contributed by atoms with Gasteiger partial charge in [-0.2, -0.15) is 0 Å². The van der Waals surface area contributed by atoms with Crippen molar-refractivity contribution >= 4 is 16.9 Å². The molecule has 4 aromatic carbocycles. The molecule has 1 heterocycles. The van der Waals surface area contributed by atoms with Crippen LogP contribution in [0.4, 0.5) is 4.79 Å². The maximum Gasteiger partial charge on any atom is 0.407 e. The molecule has 6 heteroatoms. The number of likely N-dealkylation sites (tertiary alicyclic amines) is 1. The Morgan fingerprint density at radius 2 is 1.71 bits per heavy atom. The summed E-state index contributed by atoms with van der Waals surface area (Å²) in [4.78, 5) is 13.2. The topological polar surface area (TPSA) is 68.2 Å². The second-order valence-corrected chi connectivity index (χ2v) is 10.8. The predicted molar refractivity (Wildman–Crippen MR) is 166 cm³/mol. The summed E-state index contributed by atoms with van der Waals surface area (Å²) < 4.78 is 18.5. The summed E-state index contributed by atoms with van der Waals surface area (Å²) in [5, 5.41) is 12.0. The molecule has 1 saturated heterocycles. The van der Waals surface area contributed by atoms with Gasteiger partial charge in [0.1, 0.15) is 12.4 Å². The van der Waals surface area contributed by atoms with Gasteiger partial charge in [-0.3, -0.25) is 0 Å². The summed E-state index contributed by atoms with van der Waals surface area (Å²) in [6.45, 7) is 5.96. The standard InChI is InChI=1S/C36H39NO5/c1-2-22-40-33(17-13-27-8-4-3-5-9-27)26-41-32-18-15-30(16-19-32)34-20-21-37(36(38)39)24-35(34)42-25-28-12-14-29-10-6-7-11-31(29)23-28/h2-12,14-16,18-19,23,33-35H,1,13,17,20-22,24-26H2,(H,38,39). The van der Waals surface area contributed by atoms with Crippen LogP contribution in [0.2, 0.25) is 0 Å². The van der Waals surface area contributed by atoms with Gasteiger partial charge < -0.3 is 24.2 Å². The van der Waals surface area contributed by atoms with E-state index < -0.39 is 6.09 Å². The van der Waals surface area contributed by atoms with Crippen molar-refractivity contribution in [1.29, 1.82) is 0 Å². The van der Waals surface area contributed by atoms with Gasteiger partial charge >= 0.3 is 6.09 Å². The van der Waals surface area contributed by atoms with E-state index in [1.54, 1.807) is 6.08 Å². The number of carbonyl (C=O) groups is 1. The molecule has 4 aromatic rings. The Balaban J connectivity index is 1.21. The minimum absolute atomic E-state index is 0.0453. The number of fused-ring (bicyclic) bond motifs is 1. The molecule has 1 aliphatic rings. The SMILES string of the molecule is C=CCOC(CCc1ccccc1)COc1ccc(C2CCN(C(=O)O)CC2OCc2ccc3ccccc3c2)cc1. The van der Waals surface area contributed by atoms with Crippen LogP contribution < -0.4 is 4.74 Å². The molecule has 0 saturated carbocycles. The third-order valence-electron chi connectivity index (χ3n) is 7.90. The zero-order valence-corrected chi connectivity index (χ0v) is 23.9. The van der Waals surface area contributed by atoms with Crippen LogP contribution in [0.5, 0.6) is 5.75 Å². The van der Waals surface area contributed by atoms with E-state index >= 15 is 0 Å². The maximum atomic E-state index is 11.8. The van der Waals surface area contributed by atoms with Crippen LogP contribution in [0.1, 0.15) is 35.4 Å². The number of benzene rings is 4. The molecule has 218 valence electrons. The van der Waals surface area contributed by atoms with E-state index in [1.807, 2.05) is 30.3 Å². The Hall–Kier alpha value is -4.13. The van der Waals surface area contributed by atoms with Crippen molar-refractivity contribution in [3.05, 3.63) is 126 Å². The van der Waals surface area contributed by atoms with Crippen LogP contribution in [-0.2, 0) is 22.5 Å². The van der Waals surface area contributed by atoms with Crippen molar-refractivity contribution in [2.24, 2.45) is 0 Å². The zero-order valence-electron chi connectivity index (χ0n) is 23.9. The third kappa shape index (κ3) is 7.99. The third-order valence-corrected chi connectivity index (χ3v) is 7.90. The van der Waals surface area contributed by atoms with Gasteiger partial charge in [-0.25, -0.2) is 4.79 Å². The number of rotatable bonds is 13. The van der Waals surface area contributed by atoms with E-state index in [1.165, 1.54) is 21.2 Å². The summed E-state index contributed by atoms with van der Waals surface area (Å²) in [6.07, 6.45) is 3.04. The van der Waals surface area contributed by atoms with Crippen LogP contribution >= 0.6 is 0 Å².